The summed E-state index contributed by atoms with van der Waals surface area (Å²) in [5, 5.41) is 5.00. The van der Waals surface area contributed by atoms with Crippen LogP contribution in [0.4, 0.5) is 5.69 Å². The van der Waals surface area contributed by atoms with Gasteiger partial charge in [0, 0.05) is 30.2 Å². The van der Waals surface area contributed by atoms with Gasteiger partial charge >= 0.3 is 0 Å². The SMILES string of the molecule is C=C/C=C\c1ncc(C(=O)Nc2ccccc2-c2cn3c(CN4CCN(C)CC4=O)csc3n2)nc1C. The number of carbonyl (C=O) groups excluding carboxylic acids is 2. The number of hydrogen-bond donors (Lipinski definition) is 1. The summed E-state index contributed by atoms with van der Waals surface area (Å²) in [4.78, 5) is 43.8. The van der Waals surface area contributed by atoms with Crippen LogP contribution in [0.2, 0.25) is 0 Å². The molecule has 1 aliphatic rings. The Morgan fingerprint density at radius 2 is 2.08 bits per heavy atom. The minimum absolute atomic E-state index is 0.129. The monoisotopic (exact) mass is 513 g/mol. The number of rotatable bonds is 7. The molecule has 1 aliphatic heterocycles. The average molecular weight is 514 g/mol. The maximum atomic E-state index is 13.0. The van der Waals surface area contributed by atoms with Crippen molar-refractivity contribution in [1.82, 2.24) is 29.2 Å². The molecule has 0 bridgehead atoms. The fourth-order valence-corrected chi connectivity index (χ4v) is 5.05. The summed E-state index contributed by atoms with van der Waals surface area (Å²) in [5.74, 6) is -0.220. The summed E-state index contributed by atoms with van der Waals surface area (Å²) < 4.78 is 2.02. The van der Waals surface area contributed by atoms with Crippen molar-refractivity contribution in [3.63, 3.8) is 0 Å². The number of carbonyl (C=O) groups is 2. The Morgan fingerprint density at radius 3 is 2.86 bits per heavy atom. The van der Waals surface area contributed by atoms with Gasteiger partial charge in [-0.2, -0.15) is 0 Å². The molecular formula is C27H27N7O2S. The van der Waals surface area contributed by atoms with Crippen LogP contribution in [0.3, 0.4) is 0 Å². The highest BCUT2D eigenvalue weighted by Crippen LogP contribution is 2.30. The molecule has 5 rings (SSSR count). The van der Waals surface area contributed by atoms with Crippen molar-refractivity contribution in [2.24, 2.45) is 0 Å². The van der Waals surface area contributed by atoms with E-state index in [1.165, 1.54) is 17.5 Å². The number of nitrogens with one attached hydrogen (secondary N) is 1. The molecule has 3 aromatic heterocycles. The summed E-state index contributed by atoms with van der Waals surface area (Å²) >= 11 is 1.53. The number of allylic oxidation sites excluding steroid dienone is 2. The van der Waals surface area contributed by atoms with Crippen LogP contribution < -0.4 is 5.32 Å². The van der Waals surface area contributed by atoms with Crippen LogP contribution in [0.5, 0.6) is 0 Å². The number of aromatic nitrogens is 4. The Hall–Kier alpha value is -4.15. The summed E-state index contributed by atoms with van der Waals surface area (Å²) in [7, 11) is 1.96. The zero-order chi connectivity index (χ0) is 25.9. The first kappa shape index (κ1) is 24.5. The summed E-state index contributed by atoms with van der Waals surface area (Å²) in [6.07, 6.45) is 8.65. The normalized spacial score (nSPS) is 14.5. The fourth-order valence-electron chi connectivity index (χ4n) is 4.19. The molecule has 10 heteroatoms. The Kier molecular flexibility index (Phi) is 6.93. The molecule has 4 aromatic rings. The lowest BCUT2D eigenvalue weighted by Crippen LogP contribution is -2.48. The minimum Gasteiger partial charge on any atom is -0.334 e. The van der Waals surface area contributed by atoms with Crippen molar-refractivity contribution in [3.8, 4) is 11.3 Å². The largest absolute Gasteiger partial charge is 0.334 e. The van der Waals surface area contributed by atoms with Crippen LogP contribution >= 0.6 is 11.3 Å². The zero-order valence-electron chi connectivity index (χ0n) is 20.7. The van der Waals surface area contributed by atoms with E-state index in [0.29, 0.717) is 36.7 Å². The lowest BCUT2D eigenvalue weighted by molar-refractivity contribution is -0.136. The van der Waals surface area contributed by atoms with Gasteiger partial charge in [-0.1, -0.05) is 36.9 Å². The molecule has 4 heterocycles. The van der Waals surface area contributed by atoms with E-state index in [1.807, 2.05) is 64.0 Å². The molecule has 37 heavy (non-hydrogen) atoms. The van der Waals surface area contributed by atoms with Crippen LogP contribution in [0.25, 0.3) is 22.3 Å². The number of piperazine rings is 1. The highest BCUT2D eigenvalue weighted by Gasteiger charge is 2.23. The lowest BCUT2D eigenvalue weighted by Gasteiger charge is -2.31. The minimum atomic E-state index is -0.349. The van der Waals surface area contributed by atoms with Gasteiger partial charge in [0.25, 0.3) is 5.91 Å². The number of hydrogen-bond acceptors (Lipinski definition) is 7. The second-order valence-electron chi connectivity index (χ2n) is 8.88. The summed E-state index contributed by atoms with van der Waals surface area (Å²) in [6.45, 7) is 8.01. The van der Waals surface area contributed by atoms with Gasteiger partial charge in [0.1, 0.15) is 5.69 Å². The maximum absolute atomic E-state index is 13.0. The van der Waals surface area contributed by atoms with Crippen molar-refractivity contribution in [2.45, 2.75) is 13.5 Å². The highest BCUT2D eigenvalue weighted by molar-refractivity contribution is 7.15. The van der Waals surface area contributed by atoms with Crippen LogP contribution in [0.1, 0.15) is 27.6 Å². The number of likely N-dealkylation sites (N-methyl/N-ethyl adjacent to an activating group) is 1. The third kappa shape index (κ3) is 5.20. The molecule has 0 aliphatic carbocycles. The summed E-state index contributed by atoms with van der Waals surface area (Å²) in [6, 6.07) is 7.53. The average Bonchev–Trinajstić information content (AvgIpc) is 3.47. The Labute approximate surface area is 218 Å². The molecule has 1 saturated heterocycles. The van der Waals surface area contributed by atoms with E-state index >= 15 is 0 Å². The van der Waals surface area contributed by atoms with Gasteiger partial charge in [0.2, 0.25) is 5.91 Å². The second kappa shape index (κ2) is 10.5. The van der Waals surface area contributed by atoms with Gasteiger partial charge in [-0.15, -0.1) is 11.3 Å². The zero-order valence-corrected chi connectivity index (χ0v) is 21.5. The number of amides is 2. The summed E-state index contributed by atoms with van der Waals surface area (Å²) in [5.41, 5.74) is 4.74. The number of anilines is 1. The van der Waals surface area contributed by atoms with Crippen LogP contribution in [0, 0.1) is 6.92 Å². The van der Waals surface area contributed by atoms with Crippen molar-refractivity contribution < 1.29 is 9.59 Å². The van der Waals surface area contributed by atoms with Gasteiger partial charge in [0.05, 0.1) is 47.7 Å². The van der Waals surface area contributed by atoms with Crippen LogP contribution in [0.15, 0.2) is 60.8 Å². The molecule has 2 amide bonds. The molecule has 0 radical (unpaired) electrons. The van der Waals surface area contributed by atoms with E-state index in [9.17, 15) is 9.59 Å². The first-order valence-electron chi connectivity index (χ1n) is 11.9. The Morgan fingerprint density at radius 1 is 1.24 bits per heavy atom. The van der Waals surface area contributed by atoms with Crippen molar-refractivity contribution >= 4 is 39.9 Å². The Balaban J connectivity index is 1.38. The number of para-hydroxylation sites is 1. The predicted molar refractivity (Wildman–Crippen MR) is 145 cm³/mol. The van der Waals surface area contributed by atoms with Crippen LogP contribution in [-0.4, -0.2) is 67.6 Å². The molecule has 1 fully saturated rings. The van der Waals surface area contributed by atoms with Crippen LogP contribution in [-0.2, 0) is 11.3 Å². The smallest absolute Gasteiger partial charge is 0.275 e. The fraction of sp³-hybridized carbons (Fsp3) is 0.222. The molecule has 188 valence electrons. The van der Waals surface area contributed by atoms with Gasteiger partial charge in [-0.3, -0.25) is 23.9 Å². The highest BCUT2D eigenvalue weighted by atomic mass is 32.1. The first-order valence-corrected chi connectivity index (χ1v) is 12.8. The van der Waals surface area contributed by atoms with E-state index in [4.69, 9.17) is 4.98 Å². The van der Waals surface area contributed by atoms with E-state index in [1.54, 1.807) is 18.2 Å². The van der Waals surface area contributed by atoms with Gasteiger partial charge in [-0.25, -0.2) is 9.97 Å². The predicted octanol–water partition coefficient (Wildman–Crippen LogP) is 3.89. The first-order chi connectivity index (χ1) is 17.9. The van der Waals surface area contributed by atoms with Gasteiger partial charge in [-0.05, 0) is 26.1 Å². The molecule has 0 spiro atoms. The van der Waals surface area contributed by atoms with Crippen molar-refractivity contribution in [3.05, 3.63) is 83.5 Å². The number of benzene rings is 1. The Bertz CT molecular complexity index is 1520. The molecule has 1 aromatic carbocycles. The molecule has 1 N–H and O–H groups in total. The number of thiazole rings is 1. The van der Waals surface area contributed by atoms with Crippen molar-refractivity contribution in [2.75, 3.05) is 32.0 Å². The molecule has 0 saturated carbocycles. The number of imidazole rings is 1. The second-order valence-corrected chi connectivity index (χ2v) is 9.72. The quantitative estimate of drug-likeness (QED) is 0.377. The third-order valence-electron chi connectivity index (χ3n) is 6.20. The van der Waals surface area contributed by atoms with E-state index in [2.05, 4.69) is 21.9 Å². The number of fused-ring (bicyclic) bond motifs is 1. The van der Waals surface area contributed by atoms with Crippen molar-refractivity contribution in [1.29, 1.82) is 0 Å². The number of nitrogens with zero attached hydrogens (tertiary/aromatic N) is 6. The maximum Gasteiger partial charge on any atom is 0.275 e. The van der Waals surface area contributed by atoms with Gasteiger partial charge in [0.15, 0.2) is 4.96 Å². The molecule has 0 atom stereocenters. The molecule has 0 unspecified atom stereocenters. The third-order valence-corrected chi connectivity index (χ3v) is 7.09. The molecular weight excluding hydrogens is 486 g/mol. The topological polar surface area (TPSA) is 95.7 Å². The van der Waals surface area contributed by atoms with E-state index < -0.39 is 0 Å². The standard InChI is InChI=1S/C27H27N7O2S/c1-4-5-9-21-18(2)29-23(13-28-21)26(36)30-22-10-7-6-8-20(22)24-15-34-19(17-37-27(34)31-24)14-33-12-11-32(3)16-25(33)35/h4-10,13,15,17H,1,11-12,14,16H2,2-3H3,(H,30,36)/b9-5-. The lowest BCUT2D eigenvalue weighted by atomic mass is 10.1. The van der Waals surface area contributed by atoms with E-state index in [0.717, 1.165) is 28.5 Å². The van der Waals surface area contributed by atoms with E-state index in [-0.39, 0.29) is 17.5 Å². The van der Waals surface area contributed by atoms with Gasteiger partial charge < -0.3 is 10.2 Å². The number of aryl methyl sites for hydroxylation is 1. The molecule has 9 nitrogen and oxygen atoms in total.